The molecule has 0 aliphatic heterocycles. The molecule has 0 aliphatic rings. The molecule has 0 bridgehead atoms. The normalized spacial score (nSPS) is 10.8. The highest BCUT2D eigenvalue weighted by Gasteiger charge is 2.08. The van der Waals surface area contributed by atoms with Crippen LogP contribution in [0, 0.1) is 0 Å². The van der Waals surface area contributed by atoms with E-state index < -0.39 is 0 Å². The van der Waals surface area contributed by atoms with Crippen molar-refractivity contribution in [2.24, 2.45) is 5.73 Å². The van der Waals surface area contributed by atoms with Gasteiger partial charge in [-0.1, -0.05) is 30.3 Å². The molecular formula is C17H18N4O. The second kappa shape index (κ2) is 6.41. The molecule has 3 aromatic rings. The Hall–Kier alpha value is -2.66. The van der Waals surface area contributed by atoms with Gasteiger partial charge in [0.05, 0.1) is 5.69 Å². The number of nitrogens with one attached hydrogen (secondary N) is 1. The molecule has 5 heteroatoms. The quantitative estimate of drug-likeness (QED) is 0.708. The Bertz CT molecular complexity index is 780. The molecule has 3 rings (SSSR count). The minimum atomic E-state index is -0.0970. The SMILES string of the molecule is NCCCNC(=O)c1ccn2cc(-c3ccccc3)nc2c1. The molecule has 0 radical (unpaired) electrons. The molecule has 22 heavy (non-hydrogen) atoms. The van der Waals surface area contributed by atoms with Gasteiger partial charge in [0, 0.05) is 30.1 Å². The Balaban J connectivity index is 1.86. The zero-order valence-corrected chi connectivity index (χ0v) is 12.2. The zero-order valence-electron chi connectivity index (χ0n) is 12.2. The number of amides is 1. The number of hydrogen-bond donors (Lipinski definition) is 2. The van der Waals surface area contributed by atoms with Crippen LogP contribution >= 0.6 is 0 Å². The lowest BCUT2D eigenvalue weighted by Crippen LogP contribution is -2.25. The van der Waals surface area contributed by atoms with Gasteiger partial charge in [-0.3, -0.25) is 4.79 Å². The van der Waals surface area contributed by atoms with Gasteiger partial charge in [-0.25, -0.2) is 4.98 Å². The van der Waals surface area contributed by atoms with Gasteiger partial charge in [-0.15, -0.1) is 0 Å². The highest BCUT2D eigenvalue weighted by Crippen LogP contribution is 2.19. The maximum atomic E-state index is 12.1. The summed E-state index contributed by atoms with van der Waals surface area (Å²) in [5.74, 6) is -0.0970. The first-order chi connectivity index (χ1) is 10.8. The van der Waals surface area contributed by atoms with Crippen LogP contribution in [0.2, 0.25) is 0 Å². The highest BCUT2D eigenvalue weighted by molar-refractivity contribution is 5.95. The fourth-order valence-corrected chi connectivity index (χ4v) is 2.28. The fraction of sp³-hybridized carbons (Fsp3) is 0.176. The first kappa shape index (κ1) is 14.3. The summed E-state index contributed by atoms with van der Waals surface area (Å²) < 4.78 is 1.92. The number of imidazole rings is 1. The predicted octanol–water partition coefficient (Wildman–Crippen LogP) is 2.08. The van der Waals surface area contributed by atoms with Crippen LogP contribution < -0.4 is 11.1 Å². The van der Waals surface area contributed by atoms with Crippen LogP contribution in [0.1, 0.15) is 16.8 Å². The Morgan fingerprint density at radius 3 is 2.82 bits per heavy atom. The van der Waals surface area contributed by atoms with E-state index in [0.29, 0.717) is 18.7 Å². The summed E-state index contributed by atoms with van der Waals surface area (Å²) >= 11 is 0. The van der Waals surface area contributed by atoms with Crippen molar-refractivity contribution < 1.29 is 4.79 Å². The van der Waals surface area contributed by atoms with E-state index in [-0.39, 0.29) is 5.91 Å². The van der Waals surface area contributed by atoms with Crippen LogP contribution in [0.3, 0.4) is 0 Å². The Kier molecular flexibility index (Phi) is 4.16. The zero-order chi connectivity index (χ0) is 15.4. The van der Waals surface area contributed by atoms with Crippen LogP contribution in [-0.4, -0.2) is 28.4 Å². The van der Waals surface area contributed by atoms with Crippen LogP contribution in [0.15, 0.2) is 54.9 Å². The molecule has 2 aromatic heterocycles. The first-order valence-corrected chi connectivity index (χ1v) is 7.30. The largest absolute Gasteiger partial charge is 0.352 e. The van der Waals surface area contributed by atoms with Crippen LogP contribution in [0.5, 0.6) is 0 Å². The van der Waals surface area contributed by atoms with Crippen LogP contribution in [0.25, 0.3) is 16.9 Å². The van der Waals surface area contributed by atoms with Crippen LogP contribution in [-0.2, 0) is 0 Å². The van der Waals surface area contributed by atoms with Crippen molar-refractivity contribution in [3.05, 3.63) is 60.4 Å². The van der Waals surface area contributed by atoms with Gasteiger partial charge < -0.3 is 15.5 Å². The van der Waals surface area contributed by atoms with Crippen molar-refractivity contribution in [2.75, 3.05) is 13.1 Å². The predicted molar refractivity (Wildman–Crippen MR) is 86.6 cm³/mol. The van der Waals surface area contributed by atoms with E-state index in [1.807, 2.05) is 47.1 Å². The van der Waals surface area contributed by atoms with Gasteiger partial charge in [-0.2, -0.15) is 0 Å². The molecule has 3 N–H and O–H groups in total. The summed E-state index contributed by atoms with van der Waals surface area (Å²) in [7, 11) is 0. The van der Waals surface area contributed by atoms with E-state index in [1.165, 1.54) is 0 Å². The first-order valence-electron chi connectivity index (χ1n) is 7.30. The lowest BCUT2D eigenvalue weighted by molar-refractivity contribution is 0.0953. The number of rotatable bonds is 5. The molecule has 0 fully saturated rings. The van der Waals surface area contributed by atoms with Crippen molar-refractivity contribution in [1.82, 2.24) is 14.7 Å². The summed E-state index contributed by atoms with van der Waals surface area (Å²) in [6.45, 7) is 1.16. The maximum absolute atomic E-state index is 12.1. The number of nitrogens with two attached hydrogens (primary N) is 1. The lowest BCUT2D eigenvalue weighted by atomic mass is 10.2. The molecular weight excluding hydrogens is 276 g/mol. The van der Waals surface area contributed by atoms with E-state index in [4.69, 9.17) is 5.73 Å². The number of carbonyl (C=O) groups is 1. The highest BCUT2D eigenvalue weighted by atomic mass is 16.1. The van der Waals surface area contributed by atoms with E-state index in [2.05, 4.69) is 10.3 Å². The van der Waals surface area contributed by atoms with E-state index >= 15 is 0 Å². The number of fused-ring (bicyclic) bond motifs is 1. The molecule has 0 saturated heterocycles. The Morgan fingerprint density at radius 2 is 2.05 bits per heavy atom. The molecule has 5 nitrogen and oxygen atoms in total. The van der Waals surface area contributed by atoms with Crippen molar-refractivity contribution in [2.45, 2.75) is 6.42 Å². The third-order valence-electron chi connectivity index (χ3n) is 3.46. The summed E-state index contributed by atoms with van der Waals surface area (Å²) in [6.07, 6.45) is 4.59. The molecule has 1 amide bonds. The van der Waals surface area contributed by atoms with E-state index in [1.54, 1.807) is 12.1 Å². The average Bonchev–Trinajstić information content (AvgIpc) is 2.99. The maximum Gasteiger partial charge on any atom is 0.251 e. The standard InChI is InChI=1S/C17H18N4O/c18-8-4-9-19-17(22)14-7-10-21-12-15(20-16(21)11-14)13-5-2-1-3-6-13/h1-3,5-7,10-12H,4,8-9,18H2,(H,19,22). The number of hydrogen-bond acceptors (Lipinski definition) is 3. The summed E-state index contributed by atoms with van der Waals surface area (Å²) in [5, 5.41) is 2.85. The fourth-order valence-electron chi connectivity index (χ4n) is 2.28. The monoisotopic (exact) mass is 294 g/mol. The molecule has 0 saturated carbocycles. The van der Waals surface area contributed by atoms with Gasteiger partial charge in [0.15, 0.2) is 0 Å². The van der Waals surface area contributed by atoms with Crippen LogP contribution in [0.4, 0.5) is 0 Å². The number of benzene rings is 1. The third-order valence-corrected chi connectivity index (χ3v) is 3.46. The number of aromatic nitrogens is 2. The smallest absolute Gasteiger partial charge is 0.251 e. The van der Waals surface area contributed by atoms with Gasteiger partial charge in [-0.05, 0) is 25.1 Å². The number of nitrogens with zero attached hydrogens (tertiary/aromatic N) is 2. The van der Waals surface area contributed by atoms with Gasteiger partial charge in [0.2, 0.25) is 0 Å². The number of pyridine rings is 1. The van der Waals surface area contributed by atoms with Gasteiger partial charge in [0.25, 0.3) is 5.91 Å². The molecule has 0 atom stereocenters. The Labute approximate surface area is 128 Å². The third kappa shape index (κ3) is 2.99. The molecule has 2 heterocycles. The molecule has 0 unspecified atom stereocenters. The Morgan fingerprint density at radius 1 is 1.23 bits per heavy atom. The van der Waals surface area contributed by atoms with Crippen molar-refractivity contribution in [3.63, 3.8) is 0 Å². The minimum absolute atomic E-state index is 0.0970. The topological polar surface area (TPSA) is 72.4 Å². The second-order valence-corrected chi connectivity index (χ2v) is 5.07. The van der Waals surface area contributed by atoms with Gasteiger partial charge >= 0.3 is 0 Å². The average molecular weight is 294 g/mol. The van der Waals surface area contributed by atoms with Gasteiger partial charge in [0.1, 0.15) is 5.65 Å². The summed E-state index contributed by atoms with van der Waals surface area (Å²) in [4.78, 5) is 16.6. The van der Waals surface area contributed by atoms with Crippen molar-refractivity contribution in [3.8, 4) is 11.3 Å². The van der Waals surface area contributed by atoms with Crippen molar-refractivity contribution >= 4 is 11.6 Å². The molecule has 1 aromatic carbocycles. The molecule has 112 valence electrons. The molecule has 0 aliphatic carbocycles. The molecule has 0 spiro atoms. The number of carbonyl (C=O) groups excluding carboxylic acids is 1. The van der Waals surface area contributed by atoms with Crippen molar-refractivity contribution in [1.29, 1.82) is 0 Å². The van der Waals surface area contributed by atoms with E-state index in [0.717, 1.165) is 23.3 Å². The second-order valence-electron chi connectivity index (χ2n) is 5.07. The summed E-state index contributed by atoms with van der Waals surface area (Å²) in [5.41, 5.74) is 8.73. The summed E-state index contributed by atoms with van der Waals surface area (Å²) in [6, 6.07) is 13.6. The minimum Gasteiger partial charge on any atom is -0.352 e. The lowest BCUT2D eigenvalue weighted by Gasteiger charge is -2.04. The van der Waals surface area contributed by atoms with E-state index in [9.17, 15) is 4.79 Å².